The highest BCUT2D eigenvalue weighted by atomic mass is 16.5. The minimum absolute atomic E-state index is 0.0991. The number of H-pyrrole nitrogens is 1. The van der Waals surface area contributed by atoms with Gasteiger partial charge in [-0.3, -0.25) is 14.5 Å². The fourth-order valence-corrected chi connectivity index (χ4v) is 6.37. The maximum atomic E-state index is 12.7. The van der Waals surface area contributed by atoms with E-state index in [2.05, 4.69) is 35.9 Å². The average Bonchev–Trinajstić information content (AvgIpc) is 2.86. The summed E-state index contributed by atoms with van der Waals surface area (Å²) in [7, 11) is 1.65. The van der Waals surface area contributed by atoms with E-state index < -0.39 is 11.0 Å². The van der Waals surface area contributed by atoms with Gasteiger partial charge in [-0.15, -0.1) is 0 Å². The van der Waals surface area contributed by atoms with Gasteiger partial charge < -0.3 is 14.8 Å². The van der Waals surface area contributed by atoms with Crippen molar-refractivity contribution in [3.63, 3.8) is 0 Å². The van der Waals surface area contributed by atoms with E-state index in [4.69, 9.17) is 4.74 Å². The molecule has 0 amide bonds. The Hall–Kier alpha value is -3.22. The average molecular weight is 473 g/mol. The number of piperidine rings is 1. The molecule has 1 saturated heterocycles. The number of ether oxygens (including phenoxy) is 1. The van der Waals surface area contributed by atoms with Gasteiger partial charge in [0.05, 0.1) is 18.3 Å². The summed E-state index contributed by atoms with van der Waals surface area (Å²) in [5.41, 5.74) is 2.96. The van der Waals surface area contributed by atoms with E-state index in [-0.39, 0.29) is 17.2 Å². The van der Waals surface area contributed by atoms with E-state index in [9.17, 15) is 14.7 Å². The molecular weight excluding hydrogens is 440 g/mol. The number of pyridine rings is 1. The zero-order valence-corrected chi connectivity index (χ0v) is 20.5. The van der Waals surface area contributed by atoms with Crippen molar-refractivity contribution in [1.29, 1.82) is 0 Å². The second kappa shape index (κ2) is 8.77. The quantitative estimate of drug-likeness (QED) is 0.555. The van der Waals surface area contributed by atoms with Crippen LogP contribution >= 0.6 is 0 Å². The van der Waals surface area contributed by atoms with E-state index in [1.165, 1.54) is 5.56 Å². The Kier molecular flexibility index (Phi) is 5.90. The Bertz CT molecular complexity index is 1320. The first-order valence-corrected chi connectivity index (χ1v) is 12.2. The van der Waals surface area contributed by atoms with Crippen LogP contribution in [-0.4, -0.2) is 46.6 Å². The molecule has 3 atom stereocenters. The number of carbonyl (C=O) groups is 1. The smallest absolute Gasteiger partial charge is 0.258 e. The van der Waals surface area contributed by atoms with Gasteiger partial charge >= 0.3 is 0 Å². The van der Waals surface area contributed by atoms with E-state index in [1.807, 2.05) is 36.4 Å². The lowest BCUT2D eigenvalue weighted by Gasteiger charge is -2.60. The molecule has 6 heteroatoms. The Labute approximate surface area is 205 Å². The second-order valence-corrected chi connectivity index (χ2v) is 10.1. The largest absolute Gasteiger partial charge is 0.497 e. The molecule has 182 valence electrons. The zero-order valence-electron chi connectivity index (χ0n) is 20.5. The van der Waals surface area contributed by atoms with Gasteiger partial charge in [-0.25, -0.2) is 0 Å². The molecular formula is C29H32N2O4. The maximum Gasteiger partial charge on any atom is 0.258 e. The molecule has 5 rings (SSSR count). The van der Waals surface area contributed by atoms with Crippen LogP contribution < -0.4 is 10.3 Å². The van der Waals surface area contributed by atoms with Crippen LogP contribution in [-0.2, 0) is 24.8 Å². The van der Waals surface area contributed by atoms with Crippen molar-refractivity contribution in [3.05, 3.63) is 98.5 Å². The number of nitrogens with one attached hydrogen (secondary N) is 1. The van der Waals surface area contributed by atoms with E-state index >= 15 is 0 Å². The van der Waals surface area contributed by atoms with Gasteiger partial charge in [0.25, 0.3) is 5.56 Å². The molecule has 2 aromatic carbocycles. The van der Waals surface area contributed by atoms with Crippen molar-refractivity contribution in [2.75, 3.05) is 13.7 Å². The minimum Gasteiger partial charge on any atom is -0.497 e. The Morgan fingerprint density at radius 3 is 2.66 bits per heavy atom. The fraction of sp³-hybridized carbons (Fsp3) is 0.379. The lowest BCUT2D eigenvalue weighted by atomic mass is 9.53. The van der Waals surface area contributed by atoms with Gasteiger partial charge in [-0.2, -0.15) is 0 Å². The number of nitrogens with zero attached hydrogens (tertiary/aromatic N) is 1. The summed E-state index contributed by atoms with van der Waals surface area (Å²) < 4.78 is 5.57. The molecule has 2 N–H and O–H groups in total. The molecule has 1 aliphatic heterocycles. The normalized spacial score (nSPS) is 26.0. The Morgan fingerprint density at radius 2 is 1.94 bits per heavy atom. The number of aryl methyl sites for hydroxylation is 1. The molecule has 1 aromatic heterocycles. The number of aliphatic hydroxyl groups is 1. The van der Waals surface area contributed by atoms with Crippen LogP contribution in [0.2, 0.25) is 0 Å². The number of rotatable bonds is 5. The molecule has 3 aromatic rings. The first-order chi connectivity index (χ1) is 16.8. The van der Waals surface area contributed by atoms with Crippen molar-refractivity contribution in [2.45, 2.75) is 56.7 Å². The first kappa shape index (κ1) is 23.5. The first-order valence-electron chi connectivity index (χ1n) is 12.2. The van der Waals surface area contributed by atoms with Crippen LogP contribution in [0, 0.1) is 6.92 Å². The van der Waals surface area contributed by atoms with E-state index in [0.29, 0.717) is 19.1 Å². The Morgan fingerprint density at radius 1 is 1.17 bits per heavy atom. The molecule has 0 unspecified atom stereocenters. The zero-order chi connectivity index (χ0) is 24.8. The number of aromatic amines is 1. The summed E-state index contributed by atoms with van der Waals surface area (Å²) >= 11 is 0. The second-order valence-electron chi connectivity index (χ2n) is 10.1. The highest BCUT2D eigenvalue weighted by molar-refractivity contribution is 5.74. The maximum absolute atomic E-state index is 12.7. The number of hydrogen-bond acceptors (Lipinski definition) is 5. The van der Waals surface area contributed by atoms with Crippen LogP contribution in [0.25, 0.3) is 0 Å². The van der Waals surface area contributed by atoms with Crippen LogP contribution in [0.5, 0.6) is 5.75 Å². The predicted molar refractivity (Wildman–Crippen MR) is 135 cm³/mol. The van der Waals surface area contributed by atoms with Gasteiger partial charge in [0.15, 0.2) is 6.29 Å². The number of carbonyl (C=O) groups excluding carboxylic acids is 1. The third-order valence-electron chi connectivity index (χ3n) is 8.39. The standard InChI is InChI=1S/C29H32N2O4/c1-19-9-10-24(35-3)14-25(19)28-11-12-31(17-21-7-5-4-6-8-21)20(2)29(28,34)15-22-13-23(18-32)27(33)30-26(22)16-28/h4-10,13-14,18,20,34H,11-12,15-17H2,1-3H3,(H,30,33)/t20-,28-,29-/m1/s1. The highest BCUT2D eigenvalue weighted by Gasteiger charge is 2.61. The molecule has 6 nitrogen and oxygen atoms in total. The SMILES string of the molecule is COc1ccc(C)c([C@]23CCN(Cc4ccccc4)[C@H](C)[C@]2(O)Cc2cc(C=O)c(=O)[nH]c2C3)c1. The number of hydrogen-bond donors (Lipinski definition) is 2. The van der Waals surface area contributed by atoms with Crippen LogP contribution in [0.1, 0.15) is 51.7 Å². The number of likely N-dealkylation sites (tertiary alicyclic amines) is 1. The summed E-state index contributed by atoms with van der Waals surface area (Å²) in [6, 6.07) is 17.8. The number of fused-ring (bicyclic) bond motifs is 2. The number of benzene rings is 2. The van der Waals surface area contributed by atoms with Crippen molar-refractivity contribution in [3.8, 4) is 5.75 Å². The molecule has 2 aliphatic rings. The summed E-state index contributed by atoms with van der Waals surface area (Å²) in [6.45, 7) is 5.72. The topological polar surface area (TPSA) is 82.6 Å². The van der Waals surface area contributed by atoms with Crippen molar-refractivity contribution < 1.29 is 14.6 Å². The summed E-state index contributed by atoms with van der Waals surface area (Å²) in [5, 5.41) is 12.7. The lowest BCUT2D eigenvalue weighted by Crippen LogP contribution is -2.70. The van der Waals surface area contributed by atoms with Crippen LogP contribution in [0.3, 0.4) is 0 Å². The van der Waals surface area contributed by atoms with Gasteiger partial charge in [-0.1, -0.05) is 36.4 Å². The number of methoxy groups -OCH3 is 1. The molecule has 1 aliphatic carbocycles. The fourth-order valence-electron chi connectivity index (χ4n) is 6.37. The summed E-state index contributed by atoms with van der Waals surface area (Å²) in [5.74, 6) is 0.747. The van der Waals surface area contributed by atoms with Gasteiger partial charge in [0.1, 0.15) is 5.75 Å². The molecule has 0 spiro atoms. The van der Waals surface area contributed by atoms with Gasteiger partial charge in [-0.05, 0) is 67.3 Å². The lowest BCUT2D eigenvalue weighted by molar-refractivity contribution is -0.141. The monoisotopic (exact) mass is 472 g/mol. The van der Waals surface area contributed by atoms with E-state index in [1.54, 1.807) is 13.2 Å². The molecule has 2 heterocycles. The van der Waals surface area contributed by atoms with Crippen LogP contribution in [0.15, 0.2) is 59.4 Å². The van der Waals surface area contributed by atoms with Gasteiger partial charge in [0.2, 0.25) is 0 Å². The number of aromatic nitrogens is 1. The van der Waals surface area contributed by atoms with Crippen molar-refractivity contribution >= 4 is 6.29 Å². The van der Waals surface area contributed by atoms with E-state index in [0.717, 1.165) is 47.6 Å². The van der Waals surface area contributed by atoms with Crippen molar-refractivity contribution in [2.24, 2.45) is 0 Å². The molecule has 0 saturated carbocycles. The third-order valence-corrected chi connectivity index (χ3v) is 8.39. The molecule has 0 bridgehead atoms. The molecule has 0 radical (unpaired) electrons. The third kappa shape index (κ3) is 3.72. The minimum atomic E-state index is -1.12. The summed E-state index contributed by atoms with van der Waals surface area (Å²) in [6.07, 6.45) is 2.16. The number of aldehydes is 1. The Balaban J connectivity index is 1.67. The van der Waals surface area contributed by atoms with Gasteiger partial charge in [0, 0.05) is 36.5 Å². The van der Waals surface area contributed by atoms with Crippen LogP contribution in [0.4, 0.5) is 0 Å². The molecule has 1 fully saturated rings. The molecule has 35 heavy (non-hydrogen) atoms. The highest BCUT2D eigenvalue weighted by Crippen LogP contribution is 2.53. The predicted octanol–water partition coefficient (Wildman–Crippen LogP) is 3.57. The summed E-state index contributed by atoms with van der Waals surface area (Å²) in [4.78, 5) is 29.3. The van der Waals surface area contributed by atoms with Crippen molar-refractivity contribution in [1.82, 2.24) is 9.88 Å².